The first-order valence-corrected chi connectivity index (χ1v) is 10.5. The van der Waals surface area contributed by atoms with Gasteiger partial charge in [-0.25, -0.2) is 0 Å². The molecule has 138 valence electrons. The number of aliphatic hydroxyl groups excluding tert-OH is 1. The highest BCUT2D eigenvalue weighted by Crippen LogP contribution is 2.33. The minimum atomic E-state index is -0.546. The lowest BCUT2D eigenvalue weighted by atomic mass is 10.2. The molecule has 0 unspecified atom stereocenters. The number of aliphatic hydroxyl groups is 1. The van der Waals surface area contributed by atoms with Crippen LogP contribution in [0.25, 0.3) is 21.8 Å². The van der Waals surface area contributed by atoms with Crippen LogP contribution in [0.5, 0.6) is 0 Å². The van der Waals surface area contributed by atoms with Crippen LogP contribution in [0.3, 0.4) is 0 Å². The van der Waals surface area contributed by atoms with Crippen LogP contribution < -0.4 is 5.32 Å². The highest BCUT2D eigenvalue weighted by atomic mass is 79.9. The van der Waals surface area contributed by atoms with Crippen molar-refractivity contribution in [2.24, 2.45) is 0 Å². The van der Waals surface area contributed by atoms with E-state index in [1.807, 2.05) is 36.4 Å². The summed E-state index contributed by atoms with van der Waals surface area (Å²) < 4.78 is 4.25. The molecule has 0 saturated heterocycles. The lowest BCUT2D eigenvalue weighted by molar-refractivity contribution is 0.169. The van der Waals surface area contributed by atoms with E-state index >= 15 is 0 Å². The monoisotopic (exact) mass is 506 g/mol. The van der Waals surface area contributed by atoms with Crippen molar-refractivity contribution in [3.05, 3.63) is 74.6 Å². The molecule has 1 heterocycles. The topological polar surface area (TPSA) is 37.2 Å². The van der Waals surface area contributed by atoms with Gasteiger partial charge in [-0.1, -0.05) is 49.5 Å². The zero-order valence-corrected chi connectivity index (χ0v) is 18.2. The Hall–Kier alpha value is -1.53. The third kappa shape index (κ3) is 4.02. The van der Waals surface area contributed by atoms with E-state index < -0.39 is 6.10 Å². The van der Waals surface area contributed by atoms with Gasteiger partial charge < -0.3 is 15.0 Å². The Morgan fingerprint density at radius 2 is 1.56 bits per heavy atom. The van der Waals surface area contributed by atoms with Gasteiger partial charge >= 0.3 is 0 Å². The highest BCUT2D eigenvalue weighted by Gasteiger charge is 2.14. The van der Waals surface area contributed by atoms with Gasteiger partial charge in [0.1, 0.15) is 0 Å². The Balaban J connectivity index is 1.64. The van der Waals surface area contributed by atoms with Gasteiger partial charge in [0.25, 0.3) is 0 Å². The average Bonchev–Trinajstić information content (AvgIpc) is 2.92. The second kappa shape index (κ2) is 7.84. The molecule has 3 nitrogen and oxygen atoms in total. The summed E-state index contributed by atoms with van der Waals surface area (Å²) in [5.74, 6) is 0. The minimum Gasteiger partial charge on any atom is -0.389 e. The van der Waals surface area contributed by atoms with E-state index in [0.717, 1.165) is 36.4 Å². The molecule has 0 aliphatic carbocycles. The zero-order valence-electron chi connectivity index (χ0n) is 14.3. The third-order valence-electron chi connectivity index (χ3n) is 4.55. The first-order chi connectivity index (χ1) is 13.0. The Bertz CT molecular complexity index is 1070. The summed E-state index contributed by atoms with van der Waals surface area (Å²) in [6.07, 6.45) is -0.546. The number of hydrogen-bond donors (Lipinski definition) is 2. The van der Waals surface area contributed by atoms with E-state index in [4.69, 9.17) is 11.6 Å². The minimum absolute atomic E-state index is 0.439. The number of benzene rings is 3. The van der Waals surface area contributed by atoms with E-state index in [0.29, 0.717) is 18.1 Å². The second-order valence-corrected chi connectivity index (χ2v) is 8.75. The summed E-state index contributed by atoms with van der Waals surface area (Å²) in [4.78, 5) is 0. The molecule has 0 spiro atoms. The van der Waals surface area contributed by atoms with Crippen molar-refractivity contribution in [3.8, 4) is 0 Å². The van der Waals surface area contributed by atoms with Gasteiger partial charge in [-0.15, -0.1) is 0 Å². The molecule has 0 fully saturated rings. The molecule has 4 rings (SSSR count). The van der Waals surface area contributed by atoms with Gasteiger partial charge in [0.15, 0.2) is 0 Å². The van der Waals surface area contributed by atoms with E-state index in [-0.39, 0.29) is 0 Å². The number of aromatic nitrogens is 1. The Labute approximate surface area is 179 Å². The predicted octanol–water partition coefficient (Wildman–Crippen LogP) is 6.45. The summed E-state index contributed by atoms with van der Waals surface area (Å²) in [5.41, 5.74) is 3.11. The van der Waals surface area contributed by atoms with Crippen molar-refractivity contribution in [2.75, 3.05) is 11.9 Å². The van der Waals surface area contributed by atoms with E-state index in [1.165, 1.54) is 0 Å². The van der Waals surface area contributed by atoms with Crippen molar-refractivity contribution >= 4 is 71.0 Å². The van der Waals surface area contributed by atoms with Crippen LogP contribution in [0.2, 0.25) is 5.02 Å². The van der Waals surface area contributed by atoms with Crippen LogP contribution >= 0.6 is 43.5 Å². The number of hydrogen-bond acceptors (Lipinski definition) is 2. The van der Waals surface area contributed by atoms with Gasteiger partial charge in [0.05, 0.1) is 12.6 Å². The number of anilines is 1. The van der Waals surface area contributed by atoms with Crippen molar-refractivity contribution < 1.29 is 5.11 Å². The SMILES string of the molecule is O[C@@H](CNc1cccc(Cl)c1)Cn1c2ccc(Br)cc2c2cc(Br)ccc21. The fourth-order valence-electron chi connectivity index (χ4n) is 3.35. The number of nitrogens with one attached hydrogen (secondary N) is 1. The van der Waals surface area contributed by atoms with Gasteiger partial charge in [-0.3, -0.25) is 0 Å². The Morgan fingerprint density at radius 1 is 0.926 bits per heavy atom. The summed E-state index contributed by atoms with van der Waals surface area (Å²) in [6.45, 7) is 0.936. The van der Waals surface area contributed by atoms with Crippen molar-refractivity contribution in [3.63, 3.8) is 0 Å². The molecule has 3 aromatic carbocycles. The molecule has 0 amide bonds. The number of nitrogens with zero attached hydrogens (tertiary/aromatic N) is 1. The van der Waals surface area contributed by atoms with Crippen LogP contribution in [0.1, 0.15) is 0 Å². The molecule has 1 aromatic heterocycles. The largest absolute Gasteiger partial charge is 0.389 e. The third-order valence-corrected chi connectivity index (χ3v) is 5.77. The fourth-order valence-corrected chi connectivity index (χ4v) is 4.27. The lowest BCUT2D eigenvalue weighted by Crippen LogP contribution is -2.24. The van der Waals surface area contributed by atoms with Gasteiger partial charge in [-0.05, 0) is 54.6 Å². The summed E-state index contributed by atoms with van der Waals surface area (Å²) in [5, 5.41) is 16.9. The van der Waals surface area contributed by atoms with Crippen LogP contribution in [0.15, 0.2) is 69.6 Å². The molecule has 0 aliphatic rings. The summed E-state index contributed by atoms with van der Waals surface area (Å²) in [6, 6.07) is 20.0. The van der Waals surface area contributed by atoms with E-state index in [9.17, 15) is 5.11 Å². The zero-order chi connectivity index (χ0) is 19.0. The van der Waals surface area contributed by atoms with Gasteiger partial charge in [0.2, 0.25) is 0 Å². The molecule has 27 heavy (non-hydrogen) atoms. The van der Waals surface area contributed by atoms with Crippen LogP contribution in [0.4, 0.5) is 5.69 Å². The lowest BCUT2D eigenvalue weighted by Gasteiger charge is -2.16. The molecule has 2 N–H and O–H groups in total. The normalized spacial score (nSPS) is 12.6. The standard InChI is InChI=1S/C21H17Br2ClN2O/c22-13-4-6-20-18(8-13)19-9-14(23)5-7-21(19)26(20)12-17(27)11-25-16-3-1-2-15(24)10-16/h1-10,17,25,27H,11-12H2/t17-/m0/s1. The fraction of sp³-hybridized carbons (Fsp3) is 0.143. The van der Waals surface area contributed by atoms with Crippen molar-refractivity contribution in [2.45, 2.75) is 12.6 Å². The molecule has 0 bridgehead atoms. The Morgan fingerprint density at radius 3 is 2.15 bits per heavy atom. The molecule has 0 aliphatic heterocycles. The van der Waals surface area contributed by atoms with E-state index in [1.54, 1.807) is 0 Å². The number of halogens is 3. The molecular weight excluding hydrogens is 492 g/mol. The van der Waals surface area contributed by atoms with Crippen LogP contribution in [0, 0.1) is 0 Å². The maximum Gasteiger partial charge on any atom is 0.0891 e. The molecule has 0 saturated carbocycles. The predicted molar refractivity (Wildman–Crippen MR) is 121 cm³/mol. The molecule has 4 aromatic rings. The quantitative estimate of drug-likeness (QED) is 0.325. The Kier molecular flexibility index (Phi) is 5.46. The maximum absolute atomic E-state index is 10.6. The molecule has 1 atom stereocenters. The van der Waals surface area contributed by atoms with Gasteiger partial charge in [0, 0.05) is 48.0 Å². The highest BCUT2D eigenvalue weighted by molar-refractivity contribution is 9.10. The van der Waals surface area contributed by atoms with Crippen molar-refractivity contribution in [1.82, 2.24) is 4.57 Å². The first-order valence-electron chi connectivity index (χ1n) is 8.56. The number of fused-ring (bicyclic) bond motifs is 3. The van der Waals surface area contributed by atoms with Crippen molar-refractivity contribution in [1.29, 1.82) is 0 Å². The summed E-state index contributed by atoms with van der Waals surface area (Å²) in [7, 11) is 0. The van der Waals surface area contributed by atoms with Crippen LogP contribution in [-0.2, 0) is 6.54 Å². The smallest absolute Gasteiger partial charge is 0.0891 e. The summed E-state index contributed by atoms with van der Waals surface area (Å²) >= 11 is 13.1. The van der Waals surface area contributed by atoms with Gasteiger partial charge in [-0.2, -0.15) is 0 Å². The first kappa shape index (κ1) is 18.8. The molecule has 0 radical (unpaired) electrons. The maximum atomic E-state index is 10.6. The van der Waals surface area contributed by atoms with E-state index in [2.05, 4.69) is 66.0 Å². The second-order valence-electron chi connectivity index (χ2n) is 6.48. The molecular formula is C21H17Br2ClN2O. The van der Waals surface area contributed by atoms with Crippen LogP contribution in [-0.4, -0.2) is 22.3 Å². The average molecular weight is 509 g/mol. The molecule has 6 heteroatoms. The number of rotatable bonds is 5.